The van der Waals surface area contributed by atoms with E-state index < -0.39 is 0 Å². The number of hydrogen-bond donors (Lipinski definition) is 1. The van der Waals surface area contributed by atoms with Crippen LogP contribution in [0.15, 0.2) is 76.3 Å². The van der Waals surface area contributed by atoms with Crippen LogP contribution in [-0.2, 0) is 6.54 Å². The Morgan fingerprint density at radius 2 is 1.55 bits per heavy atom. The molecule has 0 radical (unpaired) electrons. The maximum absolute atomic E-state index is 10.7. The van der Waals surface area contributed by atoms with Crippen LogP contribution in [0.1, 0.15) is 25.0 Å². The zero-order valence-corrected chi connectivity index (χ0v) is 13.6. The van der Waals surface area contributed by atoms with Gasteiger partial charge in [0.25, 0.3) is 0 Å². The second kappa shape index (κ2) is 6.32. The average molecular weight is 309 g/mol. The van der Waals surface area contributed by atoms with E-state index in [9.17, 15) is 5.11 Å². The minimum atomic E-state index is 0.345. The number of aliphatic hydroxyl groups is 1. The molecule has 1 N–H and O–H groups in total. The van der Waals surface area contributed by atoms with Crippen molar-refractivity contribution in [3.63, 3.8) is 0 Å². The third-order valence-electron chi connectivity index (χ3n) is 3.84. The summed E-state index contributed by atoms with van der Waals surface area (Å²) in [6, 6.07) is 20.1. The lowest BCUT2D eigenvalue weighted by molar-refractivity contribution is 0.427. The monoisotopic (exact) mass is 309 g/mol. The molecule has 2 nitrogen and oxygen atoms in total. The van der Waals surface area contributed by atoms with Crippen molar-refractivity contribution >= 4 is 17.5 Å². The second-order valence-corrected chi connectivity index (χ2v) is 6.54. The number of nitrogens with zero attached hydrogens (tertiary/aromatic N) is 1. The quantitative estimate of drug-likeness (QED) is 0.771. The Bertz CT molecular complexity index is 720. The molecule has 22 heavy (non-hydrogen) atoms. The molecule has 2 aromatic carbocycles. The topological polar surface area (TPSA) is 23.5 Å². The van der Waals surface area contributed by atoms with Crippen LogP contribution in [0.4, 0.5) is 0 Å². The number of rotatable bonds is 3. The molecule has 0 fully saturated rings. The SMILES string of the molecule is CC1=C(C)N(Cc2ccccc2)/C(=C(\O)c2ccccc2)S1. The van der Waals surface area contributed by atoms with Gasteiger partial charge in [-0.1, -0.05) is 72.4 Å². The second-order valence-electron chi connectivity index (χ2n) is 5.34. The Morgan fingerprint density at radius 1 is 0.955 bits per heavy atom. The zero-order valence-electron chi connectivity index (χ0n) is 12.8. The van der Waals surface area contributed by atoms with Crippen molar-refractivity contribution in [2.24, 2.45) is 0 Å². The highest BCUT2D eigenvalue weighted by Crippen LogP contribution is 2.44. The molecule has 0 spiro atoms. The van der Waals surface area contributed by atoms with Crippen LogP contribution in [0.2, 0.25) is 0 Å². The minimum Gasteiger partial charge on any atom is -0.505 e. The van der Waals surface area contributed by atoms with Gasteiger partial charge in [-0.05, 0) is 19.4 Å². The van der Waals surface area contributed by atoms with E-state index in [0.29, 0.717) is 5.76 Å². The molecule has 0 saturated carbocycles. The summed E-state index contributed by atoms with van der Waals surface area (Å²) >= 11 is 1.64. The van der Waals surface area contributed by atoms with E-state index in [1.807, 2.05) is 48.5 Å². The summed E-state index contributed by atoms with van der Waals surface area (Å²) in [7, 11) is 0. The molecule has 3 heteroatoms. The Labute approximate surface area is 135 Å². The molecule has 0 bridgehead atoms. The molecule has 0 atom stereocenters. The number of hydrogen-bond acceptors (Lipinski definition) is 3. The van der Waals surface area contributed by atoms with Crippen LogP contribution in [0.5, 0.6) is 0 Å². The maximum atomic E-state index is 10.7. The molecule has 1 aliphatic heterocycles. The van der Waals surface area contributed by atoms with Gasteiger partial charge < -0.3 is 10.0 Å². The lowest BCUT2D eigenvalue weighted by Gasteiger charge is -2.22. The number of thioether (sulfide) groups is 1. The largest absolute Gasteiger partial charge is 0.505 e. The number of benzene rings is 2. The molecule has 0 saturated heterocycles. The van der Waals surface area contributed by atoms with Crippen molar-refractivity contribution in [1.82, 2.24) is 4.90 Å². The molecule has 2 aromatic rings. The van der Waals surface area contributed by atoms with Crippen LogP contribution in [-0.4, -0.2) is 10.0 Å². The average Bonchev–Trinajstić information content (AvgIpc) is 2.84. The summed E-state index contributed by atoms with van der Waals surface area (Å²) in [5.41, 5.74) is 3.28. The molecule has 0 unspecified atom stereocenters. The predicted molar refractivity (Wildman–Crippen MR) is 93.9 cm³/mol. The van der Waals surface area contributed by atoms with E-state index in [1.165, 1.54) is 16.2 Å². The van der Waals surface area contributed by atoms with Crippen LogP contribution < -0.4 is 0 Å². The van der Waals surface area contributed by atoms with Gasteiger partial charge in [0, 0.05) is 22.7 Å². The standard InChI is InChI=1S/C19H19NOS/c1-14-15(2)22-19(18(21)17-11-7-4-8-12-17)20(14)13-16-9-5-3-6-10-16/h3-12,21H,13H2,1-2H3/b19-18+. The summed E-state index contributed by atoms with van der Waals surface area (Å²) in [4.78, 5) is 3.42. The van der Waals surface area contributed by atoms with Gasteiger partial charge in [0.15, 0.2) is 5.76 Å². The first kappa shape index (κ1) is 14.8. The van der Waals surface area contributed by atoms with Crippen molar-refractivity contribution in [3.05, 3.63) is 87.4 Å². The minimum absolute atomic E-state index is 0.345. The summed E-state index contributed by atoms with van der Waals surface area (Å²) < 4.78 is 0. The lowest BCUT2D eigenvalue weighted by Crippen LogP contribution is -2.17. The van der Waals surface area contributed by atoms with E-state index >= 15 is 0 Å². The van der Waals surface area contributed by atoms with Crippen molar-refractivity contribution in [3.8, 4) is 0 Å². The van der Waals surface area contributed by atoms with Gasteiger partial charge in [-0.3, -0.25) is 0 Å². The number of allylic oxidation sites excluding steroid dienone is 2. The molecule has 112 valence electrons. The summed E-state index contributed by atoms with van der Waals surface area (Å²) in [6.07, 6.45) is 0. The maximum Gasteiger partial charge on any atom is 0.153 e. The van der Waals surface area contributed by atoms with Crippen LogP contribution in [0.3, 0.4) is 0 Å². The first-order chi connectivity index (χ1) is 10.7. The molecule has 0 aromatic heterocycles. The fraction of sp³-hybridized carbons (Fsp3) is 0.158. The summed E-state index contributed by atoms with van der Waals surface area (Å²) in [6.45, 7) is 4.98. The van der Waals surface area contributed by atoms with E-state index in [-0.39, 0.29) is 0 Å². The third-order valence-corrected chi connectivity index (χ3v) is 5.05. The van der Waals surface area contributed by atoms with Gasteiger partial charge >= 0.3 is 0 Å². The van der Waals surface area contributed by atoms with Gasteiger partial charge in [0.2, 0.25) is 0 Å². The van der Waals surface area contributed by atoms with Crippen LogP contribution in [0.25, 0.3) is 5.76 Å². The molecule has 0 aliphatic carbocycles. The summed E-state index contributed by atoms with van der Waals surface area (Å²) in [5.74, 6) is 0.345. The zero-order chi connectivity index (χ0) is 15.5. The van der Waals surface area contributed by atoms with Gasteiger partial charge in [0.05, 0.1) is 0 Å². The molecular weight excluding hydrogens is 290 g/mol. The van der Waals surface area contributed by atoms with Crippen molar-refractivity contribution in [1.29, 1.82) is 0 Å². The Hall–Kier alpha value is -2.13. The van der Waals surface area contributed by atoms with Crippen molar-refractivity contribution in [2.45, 2.75) is 20.4 Å². The van der Waals surface area contributed by atoms with E-state index in [4.69, 9.17) is 0 Å². The van der Waals surface area contributed by atoms with Crippen molar-refractivity contribution in [2.75, 3.05) is 0 Å². The molecule has 3 rings (SSSR count). The van der Waals surface area contributed by atoms with Gasteiger partial charge in [-0.2, -0.15) is 0 Å². The normalized spacial score (nSPS) is 17.1. The molecule has 0 amide bonds. The lowest BCUT2D eigenvalue weighted by atomic mass is 10.1. The Morgan fingerprint density at radius 3 is 2.18 bits per heavy atom. The van der Waals surface area contributed by atoms with Crippen LogP contribution >= 0.6 is 11.8 Å². The van der Waals surface area contributed by atoms with E-state index in [1.54, 1.807) is 11.8 Å². The molecule has 1 aliphatic rings. The van der Waals surface area contributed by atoms with Crippen molar-refractivity contribution < 1.29 is 5.11 Å². The smallest absolute Gasteiger partial charge is 0.153 e. The Kier molecular flexibility index (Phi) is 4.25. The highest BCUT2D eigenvalue weighted by molar-refractivity contribution is 8.07. The highest BCUT2D eigenvalue weighted by Gasteiger charge is 2.26. The third kappa shape index (κ3) is 2.90. The highest BCUT2D eigenvalue weighted by atomic mass is 32.2. The fourth-order valence-corrected chi connectivity index (χ4v) is 3.54. The molecular formula is C19H19NOS. The molecule has 1 heterocycles. The van der Waals surface area contributed by atoms with Crippen LogP contribution in [0, 0.1) is 0 Å². The number of aliphatic hydroxyl groups excluding tert-OH is 1. The first-order valence-electron chi connectivity index (χ1n) is 7.32. The predicted octanol–water partition coefficient (Wildman–Crippen LogP) is 5.37. The van der Waals surface area contributed by atoms with Gasteiger partial charge in [-0.25, -0.2) is 0 Å². The summed E-state index contributed by atoms with van der Waals surface area (Å²) in [5, 5.41) is 11.6. The van der Waals surface area contributed by atoms with Gasteiger partial charge in [0.1, 0.15) is 5.03 Å². The van der Waals surface area contributed by atoms with E-state index in [2.05, 4.69) is 30.9 Å². The Balaban J connectivity index is 1.97. The fourth-order valence-electron chi connectivity index (χ4n) is 2.47. The van der Waals surface area contributed by atoms with Gasteiger partial charge in [-0.15, -0.1) is 0 Å². The van der Waals surface area contributed by atoms with E-state index in [0.717, 1.165) is 17.1 Å². The first-order valence-corrected chi connectivity index (χ1v) is 8.14.